The third-order valence-corrected chi connectivity index (χ3v) is 5.38. The first-order chi connectivity index (χ1) is 13.4. The van der Waals surface area contributed by atoms with Gasteiger partial charge in [0.15, 0.2) is 11.5 Å². The van der Waals surface area contributed by atoms with Gasteiger partial charge >= 0.3 is 0 Å². The molecule has 5 heteroatoms. The zero-order valence-electron chi connectivity index (χ0n) is 15.4. The average molecular weight is 377 g/mol. The minimum absolute atomic E-state index is 0.125. The molecule has 3 aromatic carbocycles. The van der Waals surface area contributed by atoms with Crippen LogP contribution in [0.1, 0.15) is 24.0 Å². The molecule has 0 atom stereocenters. The Morgan fingerprint density at radius 1 is 1.00 bits per heavy atom. The van der Waals surface area contributed by atoms with Crippen molar-refractivity contribution in [3.8, 4) is 22.6 Å². The molecule has 0 radical (unpaired) electrons. The van der Waals surface area contributed by atoms with E-state index in [0.717, 1.165) is 16.7 Å². The Kier molecular flexibility index (Phi) is 4.30. The summed E-state index contributed by atoms with van der Waals surface area (Å²) in [7, 11) is 0. The van der Waals surface area contributed by atoms with E-state index in [9.17, 15) is 19.4 Å². The van der Waals surface area contributed by atoms with Crippen LogP contribution in [0.2, 0.25) is 0 Å². The van der Waals surface area contributed by atoms with Gasteiger partial charge in [-0.1, -0.05) is 36.4 Å². The Balaban J connectivity index is 1.64. The van der Waals surface area contributed by atoms with Gasteiger partial charge in [-0.3, -0.25) is 4.79 Å². The van der Waals surface area contributed by atoms with Gasteiger partial charge in [0, 0.05) is 0 Å². The monoisotopic (exact) mass is 377 g/mol. The van der Waals surface area contributed by atoms with E-state index in [4.69, 9.17) is 0 Å². The lowest BCUT2D eigenvalue weighted by Crippen LogP contribution is -2.28. The maximum absolute atomic E-state index is 14.4. The molecule has 0 aromatic heterocycles. The Labute approximate surface area is 162 Å². The van der Waals surface area contributed by atoms with E-state index in [0.29, 0.717) is 18.4 Å². The molecule has 1 aliphatic carbocycles. The number of anilines is 1. The van der Waals surface area contributed by atoms with Crippen LogP contribution in [0.5, 0.6) is 11.5 Å². The SMILES string of the molecule is Cc1ccccc1-c1ccc(F)c(NC(=O)C2(c3ccc(O)c(O)c3)CC2)c1. The van der Waals surface area contributed by atoms with Crippen LogP contribution < -0.4 is 5.32 Å². The summed E-state index contributed by atoms with van der Waals surface area (Å²) < 4.78 is 14.4. The third-order valence-electron chi connectivity index (χ3n) is 5.38. The van der Waals surface area contributed by atoms with Crippen molar-refractivity contribution in [2.45, 2.75) is 25.2 Å². The molecule has 3 aromatic rings. The van der Waals surface area contributed by atoms with E-state index >= 15 is 0 Å². The number of carbonyl (C=O) groups is 1. The van der Waals surface area contributed by atoms with Gasteiger partial charge in [0.05, 0.1) is 11.1 Å². The molecule has 0 unspecified atom stereocenters. The fourth-order valence-electron chi connectivity index (χ4n) is 3.52. The normalized spacial score (nSPS) is 14.5. The lowest BCUT2D eigenvalue weighted by atomic mass is 9.94. The van der Waals surface area contributed by atoms with Crippen LogP contribution in [0.4, 0.5) is 10.1 Å². The van der Waals surface area contributed by atoms with Crippen molar-refractivity contribution >= 4 is 11.6 Å². The van der Waals surface area contributed by atoms with Gasteiger partial charge in [0.25, 0.3) is 0 Å². The molecule has 1 aliphatic rings. The third kappa shape index (κ3) is 3.09. The summed E-state index contributed by atoms with van der Waals surface area (Å²) >= 11 is 0. The van der Waals surface area contributed by atoms with E-state index in [1.54, 1.807) is 18.2 Å². The molecule has 0 aliphatic heterocycles. The number of phenols is 2. The number of phenolic OH excluding ortho intramolecular Hbond substituents is 2. The molecule has 1 fully saturated rings. The summed E-state index contributed by atoms with van der Waals surface area (Å²) in [6.45, 7) is 1.98. The zero-order valence-corrected chi connectivity index (χ0v) is 15.4. The van der Waals surface area contributed by atoms with Crippen LogP contribution in [0.25, 0.3) is 11.1 Å². The maximum atomic E-state index is 14.4. The molecule has 0 spiro atoms. The second-order valence-electron chi connectivity index (χ2n) is 7.25. The topological polar surface area (TPSA) is 69.6 Å². The highest BCUT2D eigenvalue weighted by atomic mass is 19.1. The molecule has 0 saturated heterocycles. The summed E-state index contributed by atoms with van der Waals surface area (Å²) in [6.07, 6.45) is 1.20. The van der Waals surface area contributed by atoms with Crippen LogP contribution in [0.3, 0.4) is 0 Å². The number of aromatic hydroxyl groups is 2. The number of rotatable bonds is 4. The summed E-state index contributed by atoms with van der Waals surface area (Å²) in [5.74, 6) is -1.34. The van der Waals surface area contributed by atoms with Crippen molar-refractivity contribution in [2.24, 2.45) is 0 Å². The molecule has 3 N–H and O–H groups in total. The molecule has 4 nitrogen and oxygen atoms in total. The highest BCUT2D eigenvalue weighted by Crippen LogP contribution is 2.50. The Morgan fingerprint density at radius 3 is 2.43 bits per heavy atom. The van der Waals surface area contributed by atoms with E-state index < -0.39 is 11.2 Å². The van der Waals surface area contributed by atoms with E-state index in [1.807, 2.05) is 31.2 Å². The number of carbonyl (C=O) groups excluding carboxylic acids is 1. The molecule has 1 amide bonds. The van der Waals surface area contributed by atoms with Gasteiger partial charge in [-0.2, -0.15) is 0 Å². The molecule has 0 heterocycles. The van der Waals surface area contributed by atoms with Gasteiger partial charge < -0.3 is 15.5 Å². The van der Waals surface area contributed by atoms with Crippen molar-refractivity contribution in [1.29, 1.82) is 0 Å². The summed E-state index contributed by atoms with van der Waals surface area (Å²) in [5.41, 5.74) is 2.78. The summed E-state index contributed by atoms with van der Waals surface area (Å²) in [4.78, 5) is 12.9. The fraction of sp³-hybridized carbons (Fsp3) is 0.174. The van der Waals surface area contributed by atoms with Gasteiger partial charge in [0.1, 0.15) is 5.82 Å². The van der Waals surface area contributed by atoms with Crippen molar-refractivity contribution in [3.63, 3.8) is 0 Å². The van der Waals surface area contributed by atoms with Crippen LogP contribution in [-0.2, 0) is 10.2 Å². The second kappa shape index (κ2) is 6.68. The van der Waals surface area contributed by atoms with E-state index in [-0.39, 0.29) is 23.1 Å². The standard InChI is InChI=1S/C23H20FNO3/c1-14-4-2-3-5-17(14)15-6-8-18(24)19(12-15)25-22(28)23(10-11-23)16-7-9-20(26)21(27)13-16/h2-9,12-13,26-27H,10-11H2,1H3,(H,25,28). The minimum atomic E-state index is -0.809. The lowest BCUT2D eigenvalue weighted by molar-refractivity contribution is -0.118. The lowest BCUT2D eigenvalue weighted by Gasteiger charge is -2.17. The van der Waals surface area contributed by atoms with Crippen molar-refractivity contribution in [2.75, 3.05) is 5.32 Å². The highest BCUT2D eigenvalue weighted by molar-refractivity contribution is 6.02. The summed E-state index contributed by atoms with van der Waals surface area (Å²) in [5, 5.41) is 22.0. The summed E-state index contributed by atoms with van der Waals surface area (Å²) in [6, 6.07) is 16.8. The average Bonchev–Trinajstić information content (AvgIpc) is 3.48. The van der Waals surface area contributed by atoms with Crippen LogP contribution in [-0.4, -0.2) is 16.1 Å². The first-order valence-electron chi connectivity index (χ1n) is 9.10. The predicted octanol–water partition coefficient (Wildman–Crippen LogP) is 4.88. The molecule has 0 bridgehead atoms. The smallest absolute Gasteiger partial charge is 0.235 e. The van der Waals surface area contributed by atoms with E-state index in [2.05, 4.69) is 5.32 Å². The number of aryl methyl sites for hydroxylation is 1. The molecular weight excluding hydrogens is 357 g/mol. The van der Waals surface area contributed by atoms with Crippen molar-refractivity contribution in [1.82, 2.24) is 0 Å². The minimum Gasteiger partial charge on any atom is -0.504 e. The Morgan fingerprint density at radius 2 is 1.75 bits per heavy atom. The Bertz CT molecular complexity index is 1070. The second-order valence-corrected chi connectivity index (χ2v) is 7.25. The van der Waals surface area contributed by atoms with Crippen LogP contribution in [0, 0.1) is 12.7 Å². The molecule has 28 heavy (non-hydrogen) atoms. The highest BCUT2D eigenvalue weighted by Gasteiger charge is 2.51. The zero-order chi connectivity index (χ0) is 19.9. The molecule has 4 rings (SSSR count). The van der Waals surface area contributed by atoms with Gasteiger partial charge in [-0.15, -0.1) is 0 Å². The fourth-order valence-corrected chi connectivity index (χ4v) is 3.52. The molecule has 142 valence electrons. The van der Waals surface area contributed by atoms with Crippen LogP contribution in [0.15, 0.2) is 60.7 Å². The van der Waals surface area contributed by atoms with Crippen molar-refractivity contribution in [3.05, 3.63) is 77.6 Å². The molecular formula is C23H20FNO3. The van der Waals surface area contributed by atoms with Gasteiger partial charge in [0.2, 0.25) is 5.91 Å². The molecule has 1 saturated carbocycles. The number of nitrogens with one attached hydrogen (secondary N) is 1. The predicted molar refractivity (Wildman–Crippen MR) is 106 cm³/mol. The quantitative estimate of drug-likeness (QED) is 0.568. The first-order valence-corrected chi connectivity index (χ1v) is 9.10. The maximum Gasteiger partial charge on any atom is 0.235 e. The van der Waals surface area contributed by atoms with Crippen molar-refractivity contribution < 1.29 is 19.4 Å². The van der Waals surface area contributed by atoms with E-state index in [1.165, 1.54) is 18.2 Å². The number of benzene rings is 3. The van der Waals surface area contributed by atoms with Gasteiger partial charge in [-0.25, -0.2) is 4.39 Å². The number of amides is 1. The first kappa shape index (κ1) is 18.0. The Hall–Kier alpha value is -3.34. The van der Waals surface area contributed by atoms with Crippen LogP contribution >= 0.6 is 0 Å². The number of halogens is 1. The largest absolute Gasteiger partial charge is 0.504 e. The number of hydrogen-bond acceptors (Lipinski definition) is 3. The number of hydrogen-bond donors (Lipinski definition) is 3. The van der Waals surface area contributed by atoms with Gasteiger partial charge in [-0.05, 0) is 66.3 Å².